The predicted octanol–water partition coefficient (Wildman–Crippen LogP) is 5.50. The molecule has 2 aromatic carbocycles. The minimum absolute atomic E-state index is 0.708. The molecule has 20 heavy (non-hydrogen) atoms. The van der Waals surface area contributed by atoms with Crippen LogP contribution in [-0.2, 0) is 6.42 Å². The molecule has 1 aromatic heterocycles. The zero-order chi connectivity index (χ0) is 13.9. The fourth-order valence-corrected chi connectivity index (χ4v) is 2.56. The molecule has 0 unspecified atom stereocenters. The highest BCUT2D eigenvalue weighted by molar-refractivity contribution is 6.33. The van der Waals surface area contributed by atoms with Crippen LogP contribution < -0.4 is 0 Å². The Morgan fingerprint density at radius 1 is 1.00 bits per heavy atom. The van der Waals surface area contributed by atoms with Gasteiger partial charge in [0.15, 0.2) is 5.76 Å². The Balaban J connectivity index is 1.93. The summed E-state index contributed by atoms with van der Waals surface area (Å²) in [6.45, 7) is 2.06. The summed E-state index contributed by atoms with van der Waals surface area (Å²) >= 11 is 6.47. The van der Waals surface area contributed by atoms with Crippen LogP contribution in [0.15, 0.2) is 65.3 Å². The van der Waals surface area contributed by atoms with E-state index in [-0.39, 0.29) is 0 Å². The van der Waals surface area contributed by atoms with Crippen LogP contribution in [0.25, 0.3) is 11.3 Å². The third kappa shape index (κ3) is 2.63. The minimum Gasteiger partial charge on any atom is -0.462 e. The maximum absolute atomic E-state index is 6.47. The van der Waals surface area contributed by atoms with Crippen molar-refractivity contribution in [3.63, 3.8) is 0 Å². The van der Waals surface area contributed by atoms with Crippen LogP contribution in [0.4, 0.5) is 0 Å². The number of furan rings is 1. The third-order valence-electron chi connectivity index (χ3n) is 3.32. The predicted molar refractivity (Wildman–Crippen MR) is 83.1 cm³/mol. The van der Waals surface area contributed by atoms with Crippen LogP contribution in [0.2, 0.25) is 5.02 Å². The Labute approximate surface area is 123 Å². The molecule has 2 heteroatoms. The second-order valence-electron chi connectivity index (χ2n) is 4.94. The number of rotatable bonds is 3. The van der Waals surface area contributed by atoms with Crippen molar-refractivity contribution in [3.8, 4) is 11.3 Å². The van der Waals surface area contributed by atoms with Gasteiger partial charge in [0.1, 0.15) is 0 Å². The molecule has 0 aliphatic heterocycles. The smallest absolute Gasteiger partial charge is 0.152 e. The highest BCUT2D eigenvalue weighted by Crippen LogP contribution is 2.34. The Morgan fingerprint density at radius 3 is 2.55 bits per heavy atom. The van der Waals surface area contributed by atoms with Crippen molar-refractivity contribution in [2.75, 3.05) is 0 Å². The van der Waals surface area contributed by atoms with E-state index < -0.39 is 0 Å². The minimum atomic E-state index is 0.708. The summed E-state index contributed by atoms with van der Waals surface area (Å²) < 4.78 is 5.68. The van der Waals surface area contributed by atoms with Gasteiger partial charge in [-0.05, 0) is 18.6 Å². The van der Waals surface area contributed by atoms with Gasteiger partial charge in [-0.15, -0.1) is 0 Å². The first-order valence-corrected chi connectivity index (χ1v) is 6.98. The van der Waals surface area contributed by atoms with Gasteiger partial charge in [0.25, 0.3) is 0 Å². The molecule has 3 aromatic rings. The van der Waals surface area contributed by atoms with Crippen molar-refractivity contribution in [1.29, 1.82) is 0 Å². The monoisotopic (exact) mass is 282 g/mol. The molecular weight excluding hydrogens is 268 g/mol. The normalized spacial score (nSPS) is 10.7. The fourth-order valence-electron chi connectivity index (χ4n) is 2.30. The SMILES string of the molecule is Cc1cccc(-c2occ(Cc3ccccc3)c2Cl)c1. The molecular formula is C18H15ClO. The first-order valence-electron chi connectivity index (χ1n) is 6.61. The van der Waals surface area contributed by atoms with E-state index in [1.54, 1.807) is 6.26 Å². The number of hydrogen-bond acceptors (Lipinski definition) is 1. The van der Waals surface area contributed by atoms with Gasteiger partial charge in [-0.2, -0.15) is 0 Å². The van der Waals surface area contributed by atoms with E-state index in [1.165, 1.54) is 11.1 Å². The molecule has 0 N–H and O–H groups in total. The molecule has 1 nitrogen and oxygen atoms in total. The second-order valence-corrected chi connectivity index (χ2v) is 5.31. The molecule has 0 radical (unpaired) electrons. The maximum atomic E-state index is 6.47. The average molecular weight is 283 g/mol. The Hall–Kier alpha value is -1.99. The Bertz CT molecular complexity index is 713. The summed E-state index contributed by atoms with van der Waals surface area (Å²) in [6, 6.07) is 18.4. The lowest BCUT2D eigenvalue weighted by molar-refractivity contribution is 0.579. The highest BCUT2D eigenvalue weighted by Gasteiger charge is 2.13. The topological polar surface area (TPSA) is 13.1 Å². The zero-order valence-electron chi connectivity index (χ0n) is 11.3. The lowest BCUT2D eigenvalue weighted by Gasteiger charge is -2.01. The van der Waals surface area contributed by atoms with Gasteiger partial charge in [-0.25, -0.2) is 0 Å². The molecule has 3 rings (SSSR count). The second kappa shape index (κ2) is 5.56. The fraction of sp³-hybridized carbons (Fsp3) is 0.111. The Morgan fingerprint density at radius 2 is 1.80 bits per heavy atom. The zero-order valence-corrected chi connectivity index (χ0v) is 12.0. The molecule has 0 aliphatic rings. The van der Waals surface area contributed by atoms with Crippen LogP contribution >= 0.6 is 11.6 Å². The van der Waals surface area contributed by atoms with Gasteiger partial charge in [0.2, 0.25) is 0 Å². The van der Waals surface area contributed by atoms with E-state index >= 15 is 0 Å². The number of halogens is 1. The highest BCUT2D eigenvalue weighted by atomic mass is 35.5. The quantitative estimate of drug-likeness (QED) is 0.618. The van der Waals surface area contributed by atoms with Crippen molar-refractivity contribution in [2.24, 2.45) is 0 Å². The van der Waals surface area contributed by atoms with Crippen LogP contribution in [0.5, 0.6) is 0 Å². The van der Waals surface area contributed by atoms with Gasteiger partial charge in [-0.3, -0.25) is 0 Å². The molecule has 0 atom stereocenters. The molecule has 0 saturated heterocycles. The summed E-state index contributed by atoms with van der Waals surface area (Å²) in [6.07, 6.45) is 2.54. The van der Waals surface area contributed by atoms with E-state index in [0.29, 0.717) is 5.02 Å². The van der Waals surface area contributed by atoms with E-state index in [0.717, 1.165) is 23.3 Å². The van der Waals surface area contributed by atoms with Gasteiger partial charge in [0.05, 0.1) is 11.3 Å². The molecule has 0 amide bonds. The maximum Gasteiger partial charge on any atom is 0.152 e. The van der Waals surface area contributed by atoms with Crippen LogP contribution in [0.1, 0.15) is 16.7 Å². The molecule has 100 valence electrons. The molecule has 0 bridgehead atoms. The van der Waals surface area contributed by atoms with Gasteiger partial charge in [-0.1, -0.05) is 65.7 Å². The summed E-state index contributed by atoms with van der Waals surface area (Å²) in [4.78, 5) is 0. The summed E-state index contributed by atoms with van der Waals surface area (Å²) in [5.41, 5.74) is 4.47. The van der Waals surface area contributed by atoms with E-state index in [4.69, 9.17) is 16.0 Å². The van der Waals surface area contributed by atoms with Crippen molar-refractivity contribution in [2.45, 2.75) is 13.3 Å². The number of hydrogen-bond donors (Lipinski definition) is 0. The summed E-state index contributed by atoms with van der Waals surface area (Å²) in [5.74, 6) is 0.751. The van der Waals surface area contributed by atoms with Gasteiger partial charge >= 0.3 is 0 Å². The third-order valence-corrected chi connectivity index (χ3v) is 3.73. The molecule has 0 spiro atoms. The van der Waals surface area contributed by atoms with E-state index in [2.05, 4.69) is 31.2 Å². The lowest BCUT2D eigenvalue weighted by Crippen LogP contribution is -1.86. The standard InChI is InChI=1S/C18H15ClO/c1-13-6-5-9-15(10-13)18-17(19)16(12-20-18)11-14-7-3-2-4-8-14/h2-10,12H,11H2,1H3. The first-order chi connectivity index (χ1) is 9.74. The van der Waals surface area contributed by atoms with Crippen molar-refractivity contribution >= 4 is 11.6 Å². The summed E-state index contributed by atoms with van der Waals surface area (Å²) in [7, 11) is 0. The summed E-state index contributed by atoms with van der Waals surface area (Å²) in [5, 5.41) is 0.708. The van der Waals surface area contributed by atoms with E-state index in [1.807, 2.05) is 30.3 Å². The number of aryl methyl sites for hydroxylation is 1. The van der Waals surface area contributed by atoms with E-state index in [9.17, 15) is 0 Å². The van der Waals surface area contributed by atoms with Crippen molar-refractivity contribution in [1.82, 2.24) is 0 Å². The molecule has 0 fully saturated rings. The van der Waals surface area contributed by atoms with Crippen LogP contribution in [0, 0.1) is 6.92 Å². The van der Waals surface area contributed by atoms with Gasteiger partial charge < -0.3 is 4.42 Å². The molecule has 0 saturated carbocycles. The van der Waals surface area contributed by atoms with Crippen molar-refractivity contribution in [3.05, 3.63) is 82.6 Å². The molecule has 0 aliphatic carbocycles. The van der Waals surface area contributed by atoms with Gasteiger partial charge in [0, 0.05) is 17.5 Å². The number of benzene rings is 2. The largest absolute Gasteiger partial charge is 0.462 e. The first kappa shape index (κ1) is 13.0. The van der Waals surface area contributed by atoms with Crippen LogP contribution in [0.3, 0.4) is 0 Å². The van der Waals surface area contributed by atoms with Crippen LogP contribution in [-0.4, -0.2) is 0 Å². The lowest BCUT2D eigenvalue weighted by atomic mass is 10.1. The van der Waals surface area contributed by atoms with Crippen molar-refractivity contribution < 1.29 is 4.42 Å². The average Bonchev–Trinajstić information content (AvgIpc) is 2.81. The molecule has 1 heterocycles. The Kier molecular flexibility index (Phi) is 3.62.